The lowest BCUT2D eigenvalue weighted by Gasteiger charge is -2.24. The molecule has 0 aliphatic carbocycles. The summed E-state index contributed by atoms with van der Waals surface area (Å²) in [5, 5.41) is 0.768. The lowest BCUT2D eigenvalue weighted by molar-refractivity contribution is 0.0983. The number of fused-ring (bicyclic) bond motifs is 1. The summed E-state index contributed by atoms with van der Waals surface area (Å²) >= 11 is 4.98. The Hall–Kier alpha value is -1.54. The number of amides is 1. The Morgan fingerprint density at radius 3 is 2.24 bits per heavy atom. The van der Waals surface area contributed by atoms with E-state index in [4.69, 9.17) is 4.98 Å². The van der Waals surface area contributed by atoms with Gasteiger partial charge in [0.25, 0.3) is 5.91 Å². The highest BCUT2D eigenvalue weighted by molar-refractivity contribution is 7.98. The van der Waals surface area contributed by atoms with E-state index < -0.39 is 0 Å². The molecular weight excluding hydrogens is 418 g/mol. The Morgan fingerprint density at radius 2 is 1.62 bits per heavy atom. The molecule has 1 amide bonds. The van der Waals surface area contributed by atoms with Crippen molar-refractivity contribution >= 4 is 56.1 Å². The molecule has 0 spiro atoms. The van der Waals surface area contributed by atoms with E-state index in [1.807, 2.05) is 41.5 Å². The van der Waals surface area contributed by atoms with Crippen LogP contribution in [-0.4, -0.2) is 54.5 Å². The van der Waals surface area contributed by atoms with Gasteiger partial charge in [-0.2, -0.15) is 0 Å². The van der Waals surface area contributed by atoms with E-state index >= 15 is 0 Å². The molecule has 3 rings (SSSR count). The number of benzene rings is 2. The van der Waals surface area contributed by atoms with E-state index in [1.54, 1.807) is 34.9 Å². The van der Waals surface area contributed by atoms with Crippen LogP contribution in [0.2, 0.25) is 0 Å². The Bertz CT molecular complexity index is 952. The van der Waals surface area contributed by atoms with Gasteiger partial charge >= 0.3 is 0 Å². The summed E-state index contributed by atoms with van der Waals surface area (Å²) in [5.41, 5.74) is 1.65. The summed E-state index contributed by atoms with van der Waals surface area (Å²) in [6, 6.07) is 14.1. The maximum Gasteiger partial charge on any atom is 0.260 e. The number of aromatic nitrogens is 1. The van der Waals surface area contributed by atoms with E-state index in [0.717, 1.165) is 39.9 Å². The van der Waals surface area contributed by atoms with Crippen LogP contribution in [0.5, 0.6) is 0 Å². The van der Waals surface area contributed by atoms with E-state index in [2.05, 4.69) is 37.1 Å². The average Bonchev–Trinajstić information content (AvgIpc) is 3.19. The molecule has 1 aromatic heterocycles. The van der Waals surface area contributed by atoms with Crippen molar-refractivity contribution in [3.8, 4) is 0 Å². The summed E-state index contributed by atoms with van der Waals surface area (Å²) in [6.45, 7) is 7.69. The van der Waals surface area contributed by atoms with Crippen LogP contribution in [0.3, 0.4) is 0 Å². The Kier molecular flexibility index (Phi) is 8.00. The number of hydrogen-bond acceptors (Lipinski definition) is 6. The predicted molar refractivity (Wildman–Crippen MR) is 129 cm³/mol. The van der Waals surface area contributed by atoms with Crippen molar-refractivity contribution in [1.82, 2.24) is 9.88 Å². The van der Waals surface area contributed by atoms with Crippen molar-refractivity contribution in [2.45, 2.75) is 23.6 Å². The van der Waals surface area contributed by atoms with E-state index in [1.165, 1.54) is 4.90 Å². The minimum atomic E-state index is 0.00829. The third kappa shape index (κ3) is 5.34. The zero-order chi connectivity index (χ0) is 20.8. The normalized spacial score (nSPS) is 11.3. The highest BCUT2D eigenvalue weighted by atomic mass is 32.2. The van der Waals surface area contributed by atoms with Crippen LogP contribution in [0.15, 0.2) is 52.3 Å². The lowest BCUT2D eigenvalue weighted by atomic mass is 10.2. The van der Waals surface area contributed by atoms with Gasteiger partial charge in [-0.3, -0.25) is 9.69 Å². The molecule has 0 radical (unpaired) electrons. The standard InChI is InChI=1S/C22H27N3OS3/c1-5-24(6-2)13-14-25(21(26)16-7-9-17(27-3)10-8-16)22-23-19-12-11-18(28-4)15-20(19)29-22/h7-12,15H,5-6,13-14H2,1-4H3. The molecule has 29 heavy (non-hydrogen) atoms. The van der Waals surface area contributed by atoms with Gasteiger partial charge in [0.15, 0.2) is 5.13 Å². The summed E-state index contributed by atoms with van der Waals surface area (Å²) in [5.74, 6) is 0.00829. The molecule has 154 valence electrons. The van der Waals surface area contributed by atoms with Crippen molar-refractivity contribution in [2.75, 3.05) is 43.6 Å². The second-order valence-corrected chi connectivity index (χ2v) is 9.31. The second kappa shape index (κ2) is 10.5. The van der Waals surface area contributed by atoms with Gasteiger partial charge in [0.1, 0.15) is 0 Å². The molecule has 0 saturated heterocycles. The number of thiazole rings is 1. The number of carbonyl (C=O) groups is 1. The molecular formula is C22H27N3OS3. The molecule has 0 N–H and O–H groups in total. The number of nitrogens with zero attached hydrogens (tertiary/aromatic N) is 3. The SMILES string of the molecule is CCN(CC)CCN(C(=O)c1ccc(SC)cc1)c1nc2ccc(SC)cc2s1. The van der Waals surface area contributed by atoms with Crippen LogP contribution in [-0.2, 0) is 0 Å². The van der Waals surface area contributed by atoms with Crippen LogP contribution in [0.1, 0.15) is 24.2 Å². The first-order valence-corrected chi connectivity index (χ1v) is 13.0. The second-order valence-electron chi connectivity index (χ2n) is 6.54. The molecule has 0 bridgehead atoms. The highest BCUT2D eigenvalue weighted by Crippen LogP contribution is 2.32. The van der Waals surface area contributed by atoms with Crippen LogP contribution in [0.25, 0.3) is 10.2 Å². The monoisotopic (exact) mass is 445 g/mol. The fourth-order valence-corrected chi connectivity index (χ4v) is 5.04. The maximum absolute atomic E-state index is 13.4. The minimum absolute atomic E-state index is 0.00829. The lowest BCUT2D eigenvalue weighted by Crippen LogP contribution is -2.38. The van der Waals surface area contributed by atoms with Crippen molar-refractivity contribution in [3.05, 3.63) is 48.0 Å². The molecule has 0 aliphatic heterocycles. The number of anilines is 1. The van der Waals surface area contributed by atoms with E-state index in [0.29, 0.717) is 12.1 Å². The molecule has 0 aliphatic rings. The van der Waals surface area contributed by atoms with Crippen molar-refractivity contribution in [2.24, 2.45) is 0 Å². The molecule has 3 aromatic rings. The topological polar surface area (TPSA) is 36.4 Å². The van der Waals surface area contributed by atoms with Crippen LogP contribution < -0.4 is 4.90 Å². The van der Waals surface area contributed by atoms with Crippen molar-refractivity contribution < 1.29 is 4.79 Å². The average molecular weight is 446 g/mol. The van der Waals surface area contributed by atoms with Gasteiger partial charge in [0.2, 0.25) is 0 Å². The van der Waals surface area contributed by atoms with E-state index in [-0.39, 0.29) is 5.91 Å². The Morgan fingerprint density at radius 1 is 0.966 bits per heavy atom. The quantitative estimate of drug-likeness (QED) is 0.393. The minimum Gasteiger partial charge on any atom is -0.302 e. The first-order valence-electron chi connectivity index (χ1n) is 9.72. The number of hydrogen-bond donors (Lipinski definition) is 0. The summed E-state index contributed by atoms with van der Waals surface area (Å²) < 4.78 is 1.12. The molecule has 4 nitrogen and oxygen atoms in total. The molecule has 0 fully saturated rings. The summed E-state index contributed by atoms with van der Waals surface area (Å²) in [6.07, 6.45) is 4.11. The largest absolute Gasteiger partial charge is 0.302 e. The number of rotatable bonds is 9. The fraction of sp³-hybridized carbons (Fsp3) is 0.364. The summed E-state index contributed by atoms with van der Waals surface area (Å²) in [4.78, 5) is 24.7. The van der Waals surface area contributed by atoms with Gasteiger partial charge in [-0.15, -0.1) is 23.5 Å². The number of likely N-dealkylation sites (N-methyl/N-ethyl adjacent to an activating group) is 1. The zero-order valence-corrected chi connectivity index (χ0v) is 19.8. The third-order valence-corrected chi connectivity index (χ3v) is 7.44. The Balaban J connectivity index is 1.94. The molecule has 7 heteroatoms. The van der Waals surface area contributed by atoms with E-state index in [9.17, 15) is 4.79 Å². The number of thioether (sulfide) groups is 2. The molecule has 0 atom stereocenters. The molecule has 0 saturated carbocycles. The smallest absolute Gasteiger partial charge is 0.260 e. The van der Waals surface area contributed by atoms with Gasteiger partial charge in [-0.1, -0.05) is 25.2 Å². The maximum atomic E-state index is 13.4. The Labute approximate surface area is 185 Å². The first kappa shape index (κ1) is 22.2. The van der Waals surface area contributed by atoms with Crippen LogP contribution in [0.4, 0.5) is 5.13 Å². The molecule has 2 aromatic carbocycles. The van der Waals surface area contributed by atoms with Gasteiger partial charge in [0.05, 0.1) is 10.2 Å². The van der Waals surface area contributed by atoms with Gasteiger partial charge in [0, 0.05) is 28.4 Å². The third-order valence-electron chi connectivity index (χ3n) is 4.93. The fourth-order valence-electron chi connectivity index (χ4n) is 3.09. The zero-order valence-electron chi connectivity index (χ0n) is 17.3. The van der Waals surface area contributed by atoms with Crippen LogP contribution >= 0.6 is 34.9 Å². The number of carbonyl (C=O) groups excluding carboxylic acids is 1. The van der Waals surface area contributed by atoms with Crippen LogP contribution in [0, 0.1) is 0 Å². The first-order chi connectivity index (χ1) is 14.1. The van der Waals surface area contributed by atoms with Gasteiger partial charge < -0.3 is 4.90 Å². The summed E-state index contributed by atoms with van der Waals surface area (Å²) in [7, 11) is 0. The van der Waals surface area contributed by atoms with Gasteiger partial charge in [-0.05, 0) is 68.1 Å². The molecule has 1 heterocycles. The highest BCUT2D eigenvalue weighted by Gasteiger charge is 2.22. The molecule has 0 unspecified atom stereocenters. The van der Waals surface area contributed by atoms with Crippen molar-refractivity contribution in [3.63, 3.8) is 0 Å². The van der Waals surface area contributed by atoms with Crippen molar-refractivity contribution in [1.29, 1.82) is 0 Å². The predicted octanol–water partition coefficient (Wildman–Crippen LogP) is 5.73. The van der Waals surface area contributed by atoms with Gasteiger partial charge in [-0.25, -0.2) is 4.98 Å².